The number of hydrogen-bond acceptors (Lipinski definition) is 4. The molecule has 0 aliphatic rings. The zero-order chi connectivity index (χ0) is 22.6. The molecule has 0 spiro atoms. The lowest BCUT2D eigenvalue weighted by Gasteiger charge is -2.08. The van der Waals surface area contributed by atoms with Crippen LogP contribution in [0.25, 0.3) is 0 Å². The zero-order valence-corrected chi connectivity index (χ0v) is 18.2. The molecule has 2 aromatic carbocycles. The molecule has 0 aliphatic heterocycles. The summed E-state index contributed by atoms with van der Waals surface area (Å²) >= 11 is 11.3. The Morgan fingerprint density at radius 2 is 1.68 bits per heavy atom. The molecular weight excluding hydrogens is 469 g/mol. The lowest BCUT2D eigenvalue weighted by molar-refractivity contribution is 0.0978. The Bertz CT molecular complexity index is 1220. The first-order valence-electron chi connectivity index (χ1n) is 9.02. The number of nitrogens with one attached hydrogen (secondary N) is 1. The Hall–Kier alpha value is -2.39. The summed E-state index contributed by atoms with van der Waals surface area (Å²) in [6.07, 6.45) is 1.84. The number of rotatable bonds is 8. The summed E-state index contributed by atoms with van der Waals surface area (Å²) in [5.74, 6) is -1.49. The summed E-state index contributed by atoms with van der Waals surface area (Å²) < 4.78 is 53.7. The van der Waals surface area contributed by atoms with Crippen LogP contribution >= 0.6 is 23.2 Å². The van der Waals surface area contributed by atoms with Gasteiger partial charge in [-0.15, -0.1) is 0 Å². The summed E-state index contributed by atoms with van der Waals surface area (Å²) in [5.41, 5.74) is 1.38. The predicted molar refractivity (Wildman–Crippen MR) is 114 cm³/mol. The summed E-state index contributed by atoms with van der Waals surface area (Å²) in [5, 5.41) is -0.278. The first-order valence-corrected chi connectivity index (χ1v) is 11.3. The Balaban J connectivity index is 1.58. The van der Waals surface area contributed by atoms with Crippen molar-refractivity contribution in [1.82, 2.24) is 9.71 Å². The molecule has 3 aromatic rings. The zero-order valence-electron chi connectivity index (χ0n) is 15.9. The second-order valence-electron chi connectivity index (χ2n) is 6.62. The number of halogens is 4. The minimum Gasteiger partial charge on any atom is -0.292 e. The van der Waals surface area contributed by atoms with Gasteiger partial charge in [0.25, 0.3) is 0 Å². The van der Waals surface area contributed by atoms with Gasteiger partial charge in [-0.05, 0) is 53.9 Å². The van der Waals surface area contributed by atoms with E-state index in [1.165, 1.54) is 24.4 Å². The number of nitrogens with zero attached hydrogens (tertiary/aromatic N) is 1. The van der Waals surface area contributed by atoms with Crippen LogP contribution in [-0.2, 0) is 23.0 Å². The number of ketones is 1. The second kappa shape index (κ2) is 9.82. The quantitative estimate of drug-likeness (QED) is 0.458. The van der Waals surface area contributed by atoms with E-state index < -0.39 is 21.7 Å². The molecule has 0 fully saturated rings. The lowest BCUT2D eigenvalue weighted by Crippen LogP contribution is -2.23. The van der Waals surface area contributed by atoms with Gasteiger partial charge < -0.3 is 0 Å². The van der Waals surface area contributed by atoms with Crippen molar-refractivity contribution in [2.24, 2.45) is 0 Å². The molecule has 1 N–H and O–H groups in total. The third-order valence-electron chi connectivity index (χ3n) is 4.40. The number of aromatic nitrogens is 1. The van der Waals surface area contributed by atoms with Gasteiger partial charge >= 0.3 is 0 Å². The maximum atomic E-state index is 13.5. The van der Waals surface area contributed by atoms with E-state index >= 15 is 0 Å². The van der Waals surface area contributed by atoms with Crippen molar-refractivity contribution in [3.05, 3.63) is 93.2 Å². The van der Waals surface area contributed by atoms with Gasteiger partial charge in [0.2, 0.25) is 10.0 Å². The van der Waals surface area contributed by atoms with E-state index in [-0.39, 0.29) is 39.4 Å². The van der Waals surface area contributed by atoms with Crippen molar-refractivity contribution < 1.29 is 22.0 Å². The van der Waals surface area contributed by atoms with E-state index in [9.17, 15) is 22.0 Å². The number of carbonyl (C=O) groups excluding carboxylic acids is 1. The van der Waals surface area contributed by atoms with E-state index in [1.54, 1.807) is 12.1 Å². The van der Waals surface area contributed by atoms with Crippen LogP contribution in [0.3, 0.4) is 0 Å². The maximum absolute atomic E-state index is 13.5. The highest BCUT2D eigenvalue weighted by Gasteiger charge is 2.16. The first kappa shape index (κ1) is 23.3. The van der Waals surface area contributed by atoms with Crippen LogP contribution in [0.2, 0.25) is 10.0 Å². The van der Waals surface area contributed by atoms with Gasteiger partial charge in [0, 0.05) is 19.2 Å². The fourth-order valence-corrected chi connectivity index (χ4v) is 4.09. The van der Waals surface area contributed by atoms with Crippen molar-refractivity contribution in [1.29, 1.82) is 0 Å². The minimum absolute atomic E-state index is 0.0190. The summed E-state index contributed by atoms with van der Waals surface area (Å²) in [6, 6.07) is 10.5. The van der Waals surface area contributed by atoms with Crippen LogP contribution in [0.5, 0.6) is 0 Å². The molecule has 0 saturated heterocycles. The van der Waals surface area contributed by atoms with E-state index in [0.717, 1.165) is 18.2 Å². The number of aryl methyl sites for hydroxylation is 1. The molecule has 162 valence electrons. The molecule has 0 radical (unpaired) electrons. The fourth-order valence-electron chi connectivity index (χ4n) is 2.68. The maximum Gasteiger partial charge on any atom is 0.240 e. The molecule has 3 rings (SSSR count). The van der Waals surface area contributed by atoms with Crippen molar-refractivity contribution in [3.63, 3.8) is 0 Å². The SMILES string of the molecule is O=C(CCc1ccc(Cl)c(F)c1)c1ccc(CNS(=O)(=O)c2ccc(F)c(Cl)c2)cn1. The normalized spacial score (nSPS) is 11.5. The number of Topliss-reactive ketones (excluding diaryl/α,β-unsaturated/α-hetero) is 1. The van der Waals surface area contributed by atoms with Gasteiger partial charge in [-0.1, -0.05) is 35.3 Å². The van der Waals surface area contributed by atoms with Gasteiger partial charge in [-0.2, -0.15) is 0 Å². The third kappa shape index (κ3) is 6.07. The van der Waals surface area contributed by atoms with Gasteiger partial charge in [0.1, 0.15) is 17.3 Å². The van der Waals surface area contributed by atoms with Crippen LogP contribution in [0.15, 0.2) is 59.6 Å². The molecule has 10 heteroatoms. The van der Waals surface area contributed by atoms with Gasteiger partial charge in [0.15, 0.2) is 5.78 Å². The van der Waals surface area contributed by atoms with Gasteiger partial charge in [0.05, 0.1) is 14.9 Å². The fraction of sp³-hybridized carbons (Fsp3) is 0.143. The highest BCUT2D eigenvalue weighted by molar-refractivity contribution is 7.89. The average Bonchev–Trinajstić information content (AvgIpc) is 2.75. The van der Waals surface area contributed by atoms with Crippen LogP contribution in [-0.4, -0.2) is 19.2 Å². The standard InChI is InChI=1S/C21H16Cl2F2N2O3S/c22-16-5-1-13(9-19(16)25)3-8-21(28)20-7-2-14(11-26-20)12-27-31(29,30)15-4-6-18(24)17(23)10-15/h1-2,4-7,9-11,27H,3,8,12H2. The Labute approximate surface area is 188 Å². The van der Waals surface area contributed by atoms with Crippen molar-refractivity contribution in [2.45, 2.75) is 24.3 Å². The largest absolute Gasteiger partial charge is 0.292 e. The smallest absolute Gasteiger partial charge is 0.240 e. The molecule has 1 aromatic heterocycles. The molecule has 0 bridgehead atoms. The van der Waals surface area contributed by atoms with Gasteiger partial charge in [-0.3, -0.25) is 9.78 Å². The summed E-state index contributed by atoms with van der Waals surface area (Å²) in [7, 11) is -3.91. The Morgan fingerprint density at radius 3 is 2.32 bits per heavy atom. The molecule has 0 unspecified atom stereocenters. The average molecular weight is 485 g/mol. The molecule has 31 heavy (non-hydrogen) atoms. The first-order chi connectivity index (χ1) is 14.7. The third-order valence-corrected chi connectivity index (χ3v) is 6.40. The van der Waals surface area contributed by atoms with Crippen LogP contribution in [0.4, 0.5) is 8.78 Å². The van der Waals surface area contributed by atoms with E-state index in [1.807, 2.05) is 0 Å². The minimum atomic E-state index is -3.91. The highest BCUT2D eigenvalue weighted by atomic mass is 35.5. The van der Waals surface area contributed by atoms with Crippen LogP contribution in [0, 0.1) is 11.6 Å². The van der Waals surface area contributed by atoms with Crippen molar-refractivity contribution >= 4 is 39.0 Å². The van der Waals surface area contributed by atoms with E-state index in [4.69, 9.17) is 23.2 Å². The molecule has 1 heterocycles. The Kier molecular flexibility index (Phi) is 7.38. The predicted octanol–water partition coefficient (Wildman–Crippen LogP) is 4.96. The molecular formula is C21H16Cl2F2N2O3S. The van der Waals surface area contributed by atoms with Crippen LogP contribution < -0.4 is 4.72 Å². The molecule has 0 amide bonds. The summed E-state index contributed by atoms with van der Waals surface area (Å²) in [4.78, 5) is 16.2. The van der Waals surface area contributed by atoms with E-state index in [0.29, 0.717) is 17.5 Å². The van der Waals surface area contributed by atoms with Crippen LogP contribution in [0.1, 0.15) is 28.0 Å². The van der Waals surface area contributed by atoms with Crippen molar-refractivity contribution in [2.75, 3.05) is 0 Å². The van der Waals surface area contributed by atoms with E-state index in [2.05, 4.69) is 9.71 Å². The van der Waals surface area contributed by atoms with Crippen molar-refractivity contribution in [3.8, 4) is 0 Å². The number of carbonyl (C=O) groups is 1. The number of benzene rings is 2. The molecule has 0 aliphatic carbocycles. The lowest BCUT2D eigenvalue weighted by atomic mass is 10.1. The monoisotopic (exact) mass is 484 g/mol. The number of sulfonamides is 1. The molecule has 5 nitrogen and oxygen atoms in total. The highest BCUT2D eigenvalue weighted by Crippen LogP contribution is 2.20. The number of hydrogen-bond donors (Lipinski definition) is 1. The summed E-state index contributed by atoms with van der Waals surface area (Å²) in [6.45, 7) is -0.0805. The molecule has 0 saturated carbocycles. The second-order valence-corrected chi connectivity index (χ2v) is 9.21. The van der Waals surface area contributed by atoms with Gasteiger partial charge in [-0.25, -0.2) is 21.9 Å². The number of pyridine rings is 1. The topological polar surface area (TPSA) is 76.1 Å². The Morgan fingerprint density at radius 1 is 0.935 bits per heavy atom. The molecule has 0 atom stereocenters.